The highest BCUT2D eigenvalue weighted by Crippen LogP contribution is 2.27. The van der Waals surface area contributed by atoms with Crippen molar-refractivity contribution in [2.75, 3.05) is 12.5 Å². The summed E-state index contributed by atoms with van der Waals surface area (Å²) in [5, 5.41) is 0. The van der Waals surface area contributed by atoms with Crippen LogP contribution in [0.15, 0.2) is 28.7 Å². The number of para-hydroxylation sites is 2. The molecule has 0 saturated carbocycles. The zero-order valence-electron chi connectivity index (χ0n) is 8.50. The summed E-state index contributed by atoms with van der Waals surface area (Å²) in [5.41, 5.74) is 0. The molecule has 0 unspecified atom stereocenters. The number of rotatable bonds is 6. The van der Waals surface area contributed by atoms with E-state index >= 15 is 0 Å². The maximum Gasteiger partial charge on any atom is 0.439 e. The molecule has 0 aliphatic carbocycles. The van der Waals surface area contributed by atoms with Crippen LogP contribution in [0.5, 0.6) is 11.5 Å². The second-order valence-corrected chi connectivity index (χ2v) is 4.26. The summed E-state index contributed by atoms with van der Waals surface area (Å²) in [5.74, 6) is 0.363. The number of ether oxygens (including phenoxy) is 1. The molecule has 0 heterocycles. The van der Waals surface area contributed by atoms with Crippen LogP contribution >= 0.6 is 11.6 Å². The van der Waals surface area contributed by atoms with Gasteiger partial charge in [-0.25, -0.2) is 4.79 Å². The lowest BCUT2D eigenvalue weighted by atomic mass is 10.3. The minimum Gasteiger partial charge on any atom is -0.488 e. The maximum atomic E-state index is 11.1. The molecule has 1 aromatic rings. The van der Waals surface area contributed by atoms with Gasteiger partial charge >= 0.3 is 10.3 Å². The van der Waals surface area contributed by atoms with Crippen molar-refractivity contribution in [1.29, 1.82) is 0 Å². The van der Waals surface area contributed by atoms with Crippen LogP contribution in [-0.4, -0.2) is 27.0 Å². The van der Waals surface area contributed by atoms with Gasteiger partial charge in [0.2, 0.25) is 0 Å². The molecule has 0 aromatic heterocycles. The van der Waals surface area contributed by atoms with E-state index in [1.807, 2.05) is 0 Å². The first-order valence-corrected chi connectivity index (χ1v) is 6.30. The van der Waals surface area contributed by atoms with Crippen molar-refractivity contribution in [1.82, 2.24) is 0 Å². The highest BCUT2D eigenvalue weighted by molar-refractivity contribution is 7.85. The van der Waals surface area contributed by atoms with Crippen LogP contribution in [0, 0.1) is 0 Å². The highest BCUT2D eigenvalue weighted by Gasteiger charge is 2.14. The lowest BCUT2D eigenvalue weighted by Gasteiger charge is -2.08. The number of alkyl halides is 1. The van der Waals surface area contributed by atoms with E-state index in [2.05, 4.69) is 8.58 Å². The summed E-state index contributed by atoms with van der Waals surface area (Å²) in [6, 6.07) is 6.04. The van der Waals surface area contributed by atoms with Crippen LogP contribution in [0.2, 0.25) is 0 Å². The Balaban J connectivity index is 2.94. The first-order chi connectivity index (χ1) is 8.09. The molecule has 0 fully saturated rings. The van der Waals surface area contributed by atoms with E-state index in [-0.39, 0.29) is 24.0 Å². The third-order valence-corrected chi connectivity index (χ3v) is 2.37. The van der Waals surface area contributed by atoms with Crippen molar-refractivity contribution in [2.45, 2.75) is 0 Å². The molecule has 0 N–H and O–H groups in total. The van der Waals surface area contributed by atoms with Gasteiger partial charge in [-0.2, -0.15) is 8.42 Å². The predicted molar refractivity (Wildman–Crippen MR) is 60.3 cm³/mol. The Morgan fingerprint density at radius 3 is 2.53 bits per heavy atom. The number of hydrogen-bond donors (Lipinski definition) is 0. The van der Waals surface area contributed by atoms with Crippen LogP contribution in [0.25, 0.3) is 0 Å². The van der Waals surface area contributed by atoms with Crippen molar-refractivity contribution in [3.63, 3.8) is 0 Å². The summed E-state index contributed by atoms with van der Waals surface area (Å²) in [6.07, 6.45) is 0.891. The molecular formula is C9H8ClNO5S. The van der Waals surface area contributed by atoms with Gasteiger partial charge in [0.15, 0.2) is 11.5 Å². The summed E-state index contributed by atoms with van der Waals surface area (Å²) < 4.78 is 34.4. The molecule has 1 aromatic carbocycles. The molecule has 0 bridgehead atoms. The van der Waals surface area contributed by atoms with Crippen LogP contribution in [0.3, 0.4) is 0 Å². The molecular weight excluding hydrogens is 270 g/mol. The van der Waals surface area contributed by atoms with Gasteiger partial charge in [0.05, 0.1) is 5.88 Å². The minimum atomic E-state index is -4.34. The second-order valence-electron chi connectivity index (χ2n) is 2.68. The van der Waals surface area contributed by atoms with E-state index in [4.69, 9.17) is 16.3 Å². The zero-order valence-corrected chi connectivity index (χ0v) is 10.1. The summed E-state index contributed by atoms with van der Waals surface area (Å²) in [7, 11) is -4.34. The van der Waals surface area contributed by atoms with Crippen LogP contribution in [-0.2, 0) is 15.1 Å². The van der Waals surface area contributed by atoms with Gasteiger partial charge < -0.3 is 8.92 Å². The molecule has 92 valence electrons. The molecule has 8 heteroatoms. The van der Waals surface area contributed by atoms with E-state index in [1.165, 1.54) is 12.1 Å². The molecule has 0 amide bonds. The van der Waals surface area contributed by atoms with Gasteiger partial charge in [0.1, 0.15) is 6.61 Å². The Labute approximate surface area is 103 Å². The molecule has 0 atom stereocenters. The fraction of sp³-hybridized carbons (Fsp3) is 0.222. The fourth-order valence-corrected chi connectivity index (χ4v) is 1.53. The van der Waals surface area contributed by atoms with Crippen molar-refractivity contribution in [2.24, 2.45) is 4.40 Å². The Morgan fingerprint density at radius 1 is 1.29 bits per heavy atom. The average Bonchev–Trinajstić information content (AvgIpc) is 2.27. The topological polar surface area (TPSA) is 82.0 Å². The smallest absolute Gasteiger partial charge is 0.439 e. The van der Waals surface area contributed by atoms with Crippen molar-refractivity contribution < 1.29 is 22.1 Å². The number of isocyanates is 1. The molecule has 6 nitrogen and oxygen atoms in total. The SMILES string of the molecule is O=C=NS(=O)(=O)Oc1ccccc1OCCCl. The summed E-state index contributed by atoms with van der Waals surface area (Å²) in [4.78, 5) is 9.87. The van der Waals surface area contributed by atoms with Crippen LogP contribution < -0.4 is 8.92 Å². The van der Waals surface area contributed by atoms with Crippen LogP contribution in [0.1, 0.15) is 0 Å². The number of carbonyl (C=O) groups excluding carboxylic acids is 1. The van der Waals surface area contributed by atoms with Crippen molar-refractivity contribution >= 4 is 28.0 Å². The monoisotopic (exact) mass is 277 g/mol. The third-order valence-electron chi connectivity index (χ3n) is 1.53. The van der Waals surface area contributed by atoms with Gasteiger partial charge in [0.25, 0.3) is 6.08 Å². The Hall–Kier alpha value is -1.56. The van der Waals surface area contributed by atoms with E-state index < -0.39 is 10.3 Å². The lowest BCUT2D eigenvalue weighted by Crippen LogP contribution is -2.07. The van der Waals surface area contributed by atoms with Crippen LogP contribution in [0.4, 0.5) is 0 Å². The first-order valence-electron chi connectivity index (χ1n) is 4.40. The van der Waals surface area contributed by atoms with Gasteiger partial charge in [-0.15, -0.1) is 11.6 Å². The quantitative estimate of drug-likeness (QED) is 0.444. The van der Waals surface area contributed by atoms with Crippen molar-refractivity contribution in [3.8, 4) is 11.5 Å². The molecule has 0 spiro atoms. The second kappa shape index (κ2) is 6.24. The van der Waals surface area contributed by atoms with E-state index in [0.717, 1.165) is 6.08 Å². The first kappa shape index (κ1) is 13.5. The number of hydrogen-bond acceptors (Lipinski definition) is 5. The maximum absolute atomic E-state index is 11.1. The highest BCUT2D eigenvalue weighted by atomic mass is 35.5. The van der Waals surface area contributed by atoms with Crippen molar-refractivity contribution in [3.05, 3.63) is 24.3 Å². The Morgan fingerprint density at radius 2 is 1.94 bits per heavy atom. The minimum absolute atomic E-state index is 0.0726. The van der Waals surface area contributed by atoms with E-state index in [9.17, 15) is 13.2 Å². The van der Waals surface area contributed by atoms with E-state index in [1.54, 1.807) is 12.1 Å². The molecule has 0 saturated heterocycles. The average molecular weight is 278 g/mol. The largest absolute Gasteiger partial charge is 0.488 e. The third kappa shape index (κ3) is 4.44. The molecule has 0 aliphatic rings. The van der Waals surface area contributed by atoms with Gasteiger partial charge in [-0.3, -0.25) is 0 Å². The van der Waals surface area contributed by atoms with Gasteiger partial charge in [-0.05, 0) is 16.5 Å². The molecule has 0 aliphatic heterocycles. The number of nitrogens with zero attached hydrogens (tertiary/aromatic N) is 1. The molecule has 0 radical (unpaired) electrons. The molecule has 17 heavy (non-hydrogen) atoms. The standard InChI is InChI=1S/C9H8ClNO5S/c10-5-6-15-8-3-1-2-4-9(8)16-17(13,14)11-7-12/h1-4H,5-6H2. The van der Waals surface area contributed by atoms with Gasteiger partial charge in [-0.1, -0.05) is 12.1 Å². The Bertz CT molecular complexity index is 524. The predicted octanol–water partition coefficient (Wildman–Crippen LogP) is 1.26. The number of benzene rings is 1. The summed E-state index contributed by atoms with van der Waals surface area (Å²) in [6.45, 7) is 0.193. The van der Waals surface area contributed by atoms with E-state index in [0.29, 0.717) is 0 Å². The fourth-order valence-electron chi connectivity index (χ4n) is 0.965. The normalized spacial score (nSPS) is 10.4. The number of halogens is 1. The zero-order chi connectivity index (χ0) is 12.7. The molecule has 1 rings (SSSR count). The lowest BCUT2D eigenvalue weighted by molar-refractivity contribution is 0.330. The summed E-state index contributed by atoms with van der Waals surface area (Å²) >= 11 is 5.43. The Kier molecular flexibility index (Phi) is 4.96. The van der Waals surface area contributed by atoms with Gasteiger partial charge in [0, 0.05) is 0 Å².